The minimum absolute atomic E-state index is 0.00716. The van der Waals surface area contributed by atoms with Crippen LogP contribution in [0.3, 0.4) is 0 Å². The number of hydrazone groups is 1. The van der Waals surface area contributed by atoms with Crippen molar-refractivity contribution in [2.75, 3.05) is 10.7 Å². The summed E-state index contributed by atoms with van der Waals surface area (Å²) in [5.41, 5.74) is 3.42. The van der Waals surface area contributed by atoms with Crippen LogP contribution in [0.1, 0.15) is 36.5 Å². The molecule has 3 amide bonds. The molecule has 1 aliphatic rings. The quantitative estimate of drug-likeness (QED) is 0.126. The summed E-state index contributed by atoms with van der Waals surface area (Å²) >= 11 is 0.920. The van der Waals surface area contributed by atoms with Gasteiger partial charge in [0.1, 0.15) is 12.1 Å². The van der Waals surface area contributed by atoms with Crippen molar-refractivity contribution in [1.82, 2.24) is 20.2 Å². The van der Waals surface area contributed by atoms with Gasteiger partial charge in [0.05, 0.1) is 28.9 Å². The summed E-state index contributed by atoms with van der Waals surface area (Å²) in [7, 11) is 0. The number of halogens is 6. The molecule has 0 unspecified atom stereocenters. The third kappa shape index (κ3) is 8.16. The van der Waals surface area contributed by atoms with Gasteiger partial charge in [-0.05, 0) is 53.4 Å². The number of carbonyl (C=O) groups is 2. The van der Waals surface area contributed by atoms with Crippen LogP contribution in [0.2, 0.25) is 0 Å². The molecule has 0 atom stereocenters. The highest BCUT2D eigenvalue weighted by atomic mass is 32.2. The van der Waals surface area contributed by atoms with Crippen LogP contribution in [-0.4, -0.2) is 50.2 Å². The van der Waals surface area contributed by atoms with Crippen LogP contribution in [0.15, 0.2) is 83.2 Å². The molecular weight excluding hydrogens is 652 g/mol. The molecule has 1 aliphatic heterocycles. The van der Waals surface area contributed by atoms with Gasteiger partial charge in [-0.15, -0.1) is 18.3 Å². The third-order valence-electron chi connectivity index (χ3n) is 6.55. The number of amidine groups is 1. The van der Waals surface area contributed by atoms with Gasteiger partial charge in [-0.25, -0.2) is 19.9 Å². The number of nitrogens with one attached hydrogen (secondary N) is 1. The number of alkyl halides is 6. The van der Waals surface area contributed by atoms with Crippen LogP contribution in [0.25, 0.3) is 17.1 Å². The normalized spacial score (nSPS) is 14.9. The standard InChI is InChI=1S/C30H23F6N7O3S/c1-17(2)23-12-7-20(29(31,32)33)13-24(23)43-25(44)15-47-28(43)39-27(45)40-38-14-18-3-5-19(6-4-18)26-37-16-42(41-26)21-8-10-22(11-9-21)46-30(34,35)36/h3-14,16-17H,15H2,1-2H3,(H,40,45)/b38-14+,39-28-. The lowest BCUT2D eigenvalue weighted by atomic mass is 9.98. The van der Waals surface area contributed by atoms with Crippen molar-refractivity contribution < 1.29 is 40.7 Å². The molecule has 1 fully saturated rings. The van der Waals surface area contributed by atoms with Crippen molar-refractivity contribution in [2.45, 2.75) is 32.3 Å². The lowest BCUT2D eigenvalue weighted by molar-refractivity contribution is -0.274. The number of rotatable bonds is 7. The number of benzene rings is 3. The second kappa shape index (κ2) is 13.3. The first-order chi connectivity index (χ1) is 22.2. The maximum absolute atomic E-state index is 13.4. The second-order valence-corrected chi connectivity index (χ2v) is 11.1. The number of hydrogen-bond donors (Lipinski definition) is 1. The zero-order valence-electron chi connectivity index (χ0n) is 24.4. The Kier molecular flexibility index (Phi) is 9.37. The van der Waals surface area contributed by atoms with Crippen LogP contribution in [0.4, 0.5) is 36.8 Å². The summed E-state index contributed by atoms with van der Waals surface area (Å²) in [4.78, 5) is 34.3. The lowest BCUT2D eigenvalue weighted by Crippen LogP contribution is -2.32. The van der Waals surface area contributed by atoms with Gasteiger partial charge in [-0.1, -0.05) is 55.9 Å². The number of anilines is 1. The molecule has 0 radical (unpaired) electrons. The largest absolute Gasteiger partial charge is 0.573 e. The van der Waals surface area contributed by atoms with E-state index in [0.717, 1.165) is 40.9 Å². The highest BCUT2D eigenvalue weighted by Gasteiger charge is 2.36. The number of ether oxygens (including phenoxy) is 1. The Labute approximate surface area is 267 Å². The van der Waals surface area contributed by atoms with Gasteiger partial charge in [-0.2, -0.15) is 23.3 Å². The zero-order chi connectivity index (χ0) is 33.9. The molecule has 244 valence electrons. The summed E-state index contributed by atoms with van der Waals surface area (Å²) in [6.45, 7) is 3.55. The number of aliphatic imine (C=N–C) groups is 1. The van der Waals surface area contributed by atoms with Crippen molar-refractivity contribution in [3.8, 4) is 22.8 Å². The molecule has 47 heavy (non-hydrogen) atoms. The van der Waals surface area contributed by atoms with Gasteiger partial charge < -0.3 is 4.74 Å². The van der Waals surface area contributed by atoms with E-state index < -0.39 is 30.0 Å². The van der Waals surface area contributed by atoms with E-state index in [-0.39, 0.29) is 28.3 Å². The summed E-state index contributed by atoms with van der Waals surface area (Å²) in [5, 5.41) is 8.12. The van der Waals surface area contributed by atoms with Crippen LogP contribution in [0.5, 0.6) is 5.75 Å². The molecular formula is C30H23F6N7O3S. The molecule has 3 aromatic carbocycles. The lowest BCUT2D eigenvalue weighted by Gasteiger charge is -2.23. The van der Waals surface area contributed by atoms with Gasteiger partial charge in [0.25, 0.3) is 0 Å². The average Bonchev–Trinajstić information content (AvgIpc) is 3.63. The van der Waals surface area contributed by atoms with Crippen molar-refractivity contribution in [2.24, 2.45) is 10.1 Å². The van der Waals surface area contributed by atoms with Gasteiger partial charge >= 0.3 is 18.6 Å². The average molecular weight is 676 g/mol. The maximum atomic E-state index is 13.4. The molecule has 0 saturated carbocycles. The number of aromatic nitrogens is 3. The van der Waals surface area contributed by atoms with Crippen molar-refractivity contribution in [3.63, 3.8) is 0 Å². The Morgan fingerprint density at radius 2 is 1.72 bits per heavy atom. The summed E-state index contributed by atoms with van der Waals surface area (Å²) in [5.74, 6) is -0.869. The summed E-state index contributed by atoms with van der Waals surface area (Å²) in [6.07, 6.45) is -6.70. The molecule has 5 rings (SSSR count). The molecule has 1 aromatic heterocycles. The molecule has 0 spiro atoms. The Balaban J connectivity index is 1.24. The summed E-state index contributed by atoms with van der Waals surface area (Å²) in [6, 6.07) is 14.0. The molecule has 17 heteroatoms. The van der Waals surface area contributed by atoms with Gasteiger partial charge in [0, 0.05) is 5.56 Å². The molecule has 2 heterocycles. The van der Waals surface area contributed by atoms with Gasteiger partial charge in [-0.3, -0.25) is 9.69 Å². The second-order valence-electron chi connectivity index (χ2n) is 10.2. The van der Waals surface area contributed by atoms with E-state index in [2.05, 4.69) is 30.3 Å². The van der Waals surface area contributed by atoms with E-state index in [1.807, 2.05) is 0 Å². The van der Waals surface area contributed by atoms with Gasteiger partial charge in [0.15, 0.2) is 11.0 Å². The molecule has 10 nitrogen and oxygen atoms in total. The fraction of sp³-hybridized carbons (Fsp3) is 0.200. The van der Waals surface area contributed by atoms with Crippen molar-refractivity contribution >= 4 is 40.8 Å². The Hall–Kier alpha value is -5.19. The third-order valence-corrected chi connectivity index (χ3v) is 7.48. The number of nitrogens with zero attached hydrogens (tertiary/aromatic N) is 6. The zero-order valence-corrected chi connectivity index (χ0v) is 25.2. The Bertz CT molecular complexity index is 1840. The van der Waals surface area contributed by atoms with Gasteiger partial charge in [0.2, 0.25) is 5.91 Å². The number of amides is 3. The van der Waals surface area contributed by atoms with E-state index >= 15 is 0 Å². The van der Waals surface area contributed by atoms with E-state index in [1.165, 1.54) is 35.4 Å². The van der Waals surface area contributed by atoms with Crippen molar-refractivity contribution in [3.05, 3.63) is 89.7 Å². The Morgan fingerprint density at radius 1 is 1.02 bits per heavy atom. The molecule has 1 saturated heterocycles. The first kappa shape index (κ1) is 33.2. The van der Waals surface area contributed by atoms with Crippen LogP contribution in [0, 0.1) is 0 Å². The van der Waals surface area contributed by atoms with Crippen LogP contribution < -0.4 is 15.1 Å². The molecule has 0 bridgehead atoms. The van der Waals surface area contributed by atoms with E-state index in [0.29, 0.717) is 28.2 Å². The maximum Gasteiger partial charge on any atom is 0.573 e. The minimum Gasteiger partial charge on any atom is -0.406 e. The van der Waals surface area contributed by atoms with E-state index in [1.54, 1.807) is 38.1 Å². The first-order valence-corrected chi connectivity index (χ1v) is 14.6. The highest BCUT2D eigenvalue weighted by Crippen LogP contribution is 2.38. The SMILES string of the molecule is CC(C)c1ccc(C(F)(F)F)cc1N1C(=O)CS/C1=N\C(=O)N/N=C/c1ccc(-c2ncn(-c3ccc(OC(F)(F)F)cc3)n2)cc1. The van der Waals surface area contributed by atoms with E-state index in [9.17, 15) is 35.9 Å². The smallest absolute Gasteiger partial charge is 0.406 e. The predicted molar refractivity (Wildman–Crippen MR) is 163 cm³/mol. The number of carbonyl (C=O) groups excluding carboxylic acids is 2. The molecule has 1 N–H and O–H groups in total. The fourth-order valence-corrected chi connectivity index (χ4v) is 5.25. The first-order valence-electron chi connectivity index (χ1n) is 13.6. The van der Waals surface area contributed by atoms with E-state index in [4.69, 9.17) is 0 Å². The predicted octanol–water partition coefficient (Wildman–Crippen LogP) is 7.15. The number of urea groups is 1. The highest BCUT2D eigenvalue weighted by molar-refractivity contribution is 8.15. The molecule has 4 aromatic rings. The topological polar surface area (TPSA) is 114 Å². The van der Waals surface area contributed by atoms with Crippen LogP contribution in [-0.2, 0) is 11.0 Å². The fourth-order valence-electron chi connectivity index (χ4n) is 4.40. The number of hydrogen-bond acceptors (Lipinski definition) is 7. The minimum atomic E-state index is -4.80. The Morgan fingerprint density at radius 3 is 2.36 bits per heavy atom. The number of thioether (sulfide) groups is 1. The summed E-state index contributed by atoms with van der Waals surface area (Å²) < 4.78 is 82.7. The van der Waals surface area contributed by atoms with Crippen molar-refractivity contribution in [1.29, 1.82) is 0 Å². The molecule has 0 aliphatic carbocycles. The van der Waals surface area contributed by atoms with Crippen LogP contribution >= 0.6 is 11.8 Å². The monoisotopic (exact) mass is 675 g/mol.